The molecule has 0 spiro atoms. The maximum Gasteiger partial charge on any atom is 0.212 e. The van der Waals surface area contributed by atoms with Crippen molar-refractivity contribution in [2.45, 2.75) is 19.8 Å². The molecule has 0 fully saturated rings. The Kier molecular flexibility index (Phi) is 4.31. The van der Waals surface area contributed by atoms with Gasteiger partial charge in [-0.15, -0.1) is 0 Å². The fraction of sp³-hybridized carbons (Fsp3) is 0.750. The van der Waals surface area contributed by atoms with Crippen LogP contribution in [0, 0.1) is 0 Å². The highest BCUT2D eigenvalue weighted by Crippen LogP contribution is 1.99. The van der Waals surface area contributed by atoms with Gasteiger partial charge in [0.1, 0.15) is 5.80 Å². The molecular weight excluding hydrogens is 111 g/mol. The van der Waals surface area contributed by atoms with Gasteiger partial charge < -0.3 is 4.89 Å². The third kappa shape index (κ3) is 6.09. The Bertz CT molecular complexity index is 66.1. The number of rotatable bonds is 2. The molecule has 0 saturated carbocycles. The van der Waals surface area contributed by atoms with Crippen LogP contribution in [0.15, 0.2) is 0 Å². The summed E-state index contributed by atoms with van der Waals surface area (Å²) in [6, 6.07) is 0. The first-order chi connectivity index (χ1) is 3.27. The number of unbranched alkanes of at least 4 members (excludes halogenated alkanes) is 1. The maximum atomic E-state index is 9.85. The molecule has 42 valence electrons. The Morgan fingerprint density at radius 1 is 1.86 bits per heavy atom. The molecule has 2 nitrogen and oxygen atoms in total. The molecular formula is C4H9O2P. The summed E-state index contributed by atoms with van der Waals surface area (Å²) >= 11 is 0. The summed E-state index contributed by atoms with van der Waals surface area (Å²) in [4.78, 5) is 18.0. The van der Waals surface area contributed by atoms with Gasteiger partial charge in [-0.2, -0.15) is 4.89 Å². The summed E-state index contributed by atoms with van der Waals surface area (Å²) in [5.41, 5.74) is 0. The maximum absolute atomic E-state index is 9.85. The van der Waals surface area contributed by atoms with Crippen LogP contribution in [-0.2, 0) is 0 Å². The molecule has 0 radical (unpaired) electrons. The molecule has 0 bridgehead atoms. The molecule has 7 heavy (non-hydrogen) atoms. The molecule has 0 aliphatic rings. The van der Waals surface area contributed by atoms with Gasteiger partial charge in [0.15, 0.2) is 0 Å². The molecule has 0 heterocycles. The van der Waals surface area contributed by atoms with Crippen molar-refractivity contribution >= 4 is 13.8 Å². The van der Waals surface area contributed by atoms with Crippen molar-refractivity contribution < 1.29 is 9.79 Å². The van der Waals surface area contributed by atoms with E-state index in [-0.39, 0.29) is 0 Å². The monoisotopic (exact) mass is 120 g/mol. The van der Waals surface area contributed by atoms with Crippen molar-refractivity contribution in [1.82, 2.24) is 0 Å². The Morgan fingerprint density at radius 3 is 2.57 bits per heavy atom. The molecule has 1 N–H and O–H groups in total. The molecule has 0 saturated heterocycles. The SMILES string of the molecule is CCC/C=[P+](\[O-])O. The second kappa shape index (κ2) is 4.25. The summed E-state index contributed by atoms with van der Waals surface area (Å²) in [7, 11) is -1.98. The van der Waals surface area contributed by atoms with Gasteiger partial charge >= 0.3 is 0 Å². The standard InChI is InChI=1S/C4H9O2P/c1-2-3-4-7(5)6/h4H,2-3H2,1H3,(H,5,6). The molecule has 0 aromatic heterocycles. The van der Waals surface area contributed by atoms with Gasteiger partial charge in [0.25, 0.3) is 0 Å². The fourth-order valence-electron chi connectivity index (χ4n) is 0.240. The lowest BCUT2D eigenvalue weighted by Crippen LogP contribution is -1.86. The van der Waals surface area contributed by atoms with E-state index in [2.05, 4.69) is 0 Å². The Balaban J connectivity index is 3.08. The Morgan fingerprint density at radius 2 is 2.43 bits per heavy atom. The second-order valence-electron chi connectivity index (χ2n) is 1.27. The van der Waals surface area contributed by atoms with Crippen molar-refractivity contribution in [1.29, 1.82) is 0 Å². The van der Waals surface area contributed by atoms with Crippen molar-refractivity contribution in [2.24, 2.45) is 0 Å². The second-order valence-corrected chi connectivity index (χ2v) is 2.24. The smallest absolute Gasteiger partial charge is 0.212 e. The van der Waals surface area contributed by atoms with Crippen LogP contribution in [0.4, 0.5) is 0 Å². The van der Waals surface area contributed by atoms with E-state index in [1.165, 1.54) is 5.80 Å². The van der Waals surface area contributed by atoms with Gasteiger partial charge in [0, 0.05) is 6.42 Å². The average molecular weight is 120 g/mol. The molecule has 0 aliphatic heterocycles. The van der Waals surface area contributed by atoms with Crippen molar-refractivity contribution in [2.75, 3.05) is 0 Å². The van der Waals surface area contributed by atoms with Crippen LogP contribution in [0.1, 0.15) is 19.8 Å². The van der Waals surface area contributed by atoms with E-state index in [0.29, 0.717) is 0 Å². The third-order valence-corrected chi connectivity index (χ3v) is 1.14. The zero-order valence-electron chi connectivity index (χ0n) is 4.29. The minimum Gasteiger partial charge on any atom is -0.603 e. The normalized spacial score (nSPS) is 12.1. The summed E-state index contributed by atoms with van der Waals surface area (Å²) in [6.07, 6.45) is 1.69. The van der Waals surface area contributed by atoms with Gasteiger partial charge in [-0.1, -0.05) is 6.92 Å². The van der Waals surface area contributed by atoms with Crippen LogP contribution in [0.25, 0.3) is 0 Å². The molecule has 0 rings (SSSR count). The van der Waals surface area contributed by atoms with Gasteiger partial charge in [-0.25, -0.2) is 0 Å². The topological polar surface area (TPSA) is 43.3 Å². The summed E-state index contributed by atoms with van der Waals surface area (Å²) in [5.74, 6) is 1.41. The Hall–Kier alpha value is 0.0900. The van der Waals surface area contributed by atoms with Crippen LogP contribution in [0.3, 0.4) is 0 Å². The molecule has 0 aromatic rings. The lowest BCUT2D eigenvalue weighted by Gasteiger charge is -1.80. The van der Waals surface area contributed by atoms with Crippen LogP contribution in [0.5, 0.6) is 0 Å². The predicted octanol–water partition coefficient (Wildman–Crippen LogP) is 0.253. The Labute approximate surface area is 44.4 Å². The molecule has 0 amide bonds. The highest BCUT2D eigenvalue weighted by Gasteiger charge is 1.81. The van der Waals surface area contributed by atoms with Gasteiger partial charge in [-0.3, -0.25) is 0 Å². The van der Waals surface area contributed by atoms with E-state index >= 15 is 0 Å². The predicted molar refractivity (Wildman–Crippen MR) is 30.1 cm³/mol. The van der Waals surface area contributed by atoms with E-state index in [1.807, 2.05) is 6.92 Å². The number of hydrogen-bond donors (Lipinski definition) is 1. The van der Waals surface area contributed by atoms with E-state index in [1.54, 1.807) is 0 Å². The quantitative estimate of drug-likeness (QED) is 0.531. The van der Waals surface area contributed by atoms with E-state index in [4.69, 9.17) is 4.89 Å². The third-order valence-electron chi connectivity index (χ3n) is 0.574. The average Bonchev–Trinajstić information content (AvgIpc) is 1.61. The molecule has 1 unspecified atom stereocenters. The van der Waals surface area contributed by atoms with Crippen molar-refractivity contribution in [3.8, 4) is 0 Å². The van der Waals surface area contributed by atoms with Crippen LogP contribution in [0.2, 0.25) is 0 Å². The highest BCUT2D eigenvalue weighted by atomic mass is 31.1. The molecule has 0 aromatic carbocycles. The molecule has 3 heteroatoms. The van der Waals surface area contributed by atoms with E-state index in [0.717, 1.165) is 12.8 Å². The first kappa shape index (κ1) is 7.09. The first-order valence-corrected chi connectivity index (χ1v) is 3.54. The van der Waals surface area contributed by atoms with Gasteiger partial charge in [0.2, 0.25) is 8.00 Å². The zero-order valence-corrected chi connectivity index (χ0v) is 5.19. The first-order valence-electron chi connectivity index (χ1n) is 2.26. The van der Waals surface area contributed by atoms with Crippen molar-refractivity contribution in [3.05, 3.63) is 0 Å². The zero-order chi connectivity index (χ0) is 5.70. The van der Waals surface area contributed by atoms with Crippen LogP contribution in [-0.4, -0.2) is 10.7 Å². The fourth-order valence-corrected chi connectivity index (χ4v) is 0.719. The lowest BCUT2D eigenvalue weighted by atomic mass is 10.4. The lowest BCUT2D eigenvalue weighted by molar-refractivity contribution is -0.167. The van der Waals surface area contributed by atoms with E-state index < -0.39 is 8.00 Å². The van der Waals surface area contributed by atoms with Crippen LogP contribution < -0.4 is 4.89 Å². The summed E-state index contributed by atoms with van der Waals surface area (Å²) in [5, 5.41) is 0. The minimum absolute atomic E-state index is 0.742. The highest BCUT2D eigenvalue weighted by molar-refractivity contribution is 7.43. The van der Waals surface area contributed by atoms with E-state index in [9.17, 15) is 4.89 Å². The molecule has 1 atom stereocenters. The van der Waals surface area contributed by atoms with Crippen LogP contribution >= 0.6 is 8.00 Å². The summed E-state index contributed by atoms with van der Waals surface area (Å²) < 4.78 is 0. The minimum atomic E-state index is -1.98. The largest absolute Gasteiger partial charge is 0.603 e. The molecule has 0 aliphatic carbocycles. The number of hydrogen-bond acceptors (Lipinski definition) is 2. The van der Waals surface area contributed by atoms with Gasteiger partial charge in [0.05, 0.1) is 0 Å². The summed E-state index contributed by atoms with van der Waals surface area (Å²) in [6.45, 7) is 1.97. The van der Waals surface area contributed by atoms with Crippen molar-refractivity contribution in [3.63, 3.8) is 0 Å². The van der Waals surface area contributed by atoms with Gasteiger partial charge in [-0.05, 0) is 6.42 Å².